The van der Waals surface area contributed by atoms with Crippen LogP contribution >= 0.6 is 0 Å². The van der Waals surface area contributed by atoms with E-state index in [4.69, 9.17) is 0 Å². The van der Waals surface area contributed by atoms with Crippen LogP contribution in [0.25, 0.3) is 73.9 Å². The Labute approximate surface area is 273 Å². The number of allylic oxidation sites excluding steroid dienone is 2. The second-order valence-corrected chi connectivity index (χ2v) is 12.8. The van der Waals surface area contributed by atoms with Gasteiger partial charge in [-0.3, -0.25) is 0 Å². The molecule has 0 unspecified atom stereocenters. The van der Waals surface area contributed by atoms with Crippen LogP contribution < -0.4 is 10.4 Å². The van der Waals surface area contributed by atoms with Gasteiger partial charge in [-0.15, -0.1) is 0 Å². The molecule has 7 rings (SSSR count). The minimum atomic E-state index is 0.504. The zero-order chi connectivity index (χ0) is 31.8. The predicted octanol–water partition coefficient (Wildman–Crippen LogP) is 10.9. The van der Waals surface area contributed by atoms with Crippen molar-refractivity contribution in [1.82, 2.24) is 4.57 Å². The first-order chi connectivity index (χ1) is 22.5. The Balaban J connectivity index is 1.44. The Morgan fingerprint density at radius 1 is 0.783 bits per heavy atom. The summed E-state index contributed by atoms with van der Waals surface area (Å²) >= 11 is 0. The number of aryl methyl sites for hydroxylation is 1. The van der Waals surface area contributed by atoms with Crippen molar-refractivity contribution in [2.75, 3.05) is 0 Å². The summed E-state index contributed by atoms with van der Waals surface area (Å²) in [4.78, 5) is 0. The monoisotopic (exact) mass is 597 g/mol. The van der Waals surface area contributed by atoms with Crippen LogP contribution in [0.2, 0.25) is 0 Å². The summed E-state index contributed by atoms with van der Waals surface area (Å²) in [6.07, 6.45) is 17.1. The van der Waals surface area contributed by atoms with E-state index in [1.165, 1.54) is 82.4 Å². The average Bonchev–Trinajstić information content (AvgIpc) is 3.41. The zero-order valence-electron chi connectivity index (χ0n) is 27.8. The lowest BCUT2D eigenvalue weighted by Crippen LogP contribution is -2.32. The van der Waals surface area contributed by atoms with E-state index in [-0.39, 0.29) is 0 Å². The summed E-state index contributed by atoms with van der Waals surface area (Å²) in [5.74, 6) is 0.504. The molecule has 1 aromatic heterocycles. The van der Waals surface area contributed by atoms with E-state index < -0.39 is 0 Å². The molecule has 1 heterocycles. The first-order valence-corrected chi connectivity index (χ1v) is 16.9. The van der Waals surface area contributed by atoms with Crippen molar-refractivity contribution < 1.29 is 0 Å². The van der Waals surface area contributed by atoms with Crippen LogP contribution in [0.3, 0.4) is 0 Å². The first kappa shape index (κ1) is 29.8. The fraction of sp³-hybridized carbons (Fsp3) is 0.200. The Morgan fingerprint density at radius 2 is 1.57 bits per heavy atom. The number of nitrogens with zero attached hydrogens (tertiary/aromatic N) is 1. The van der Waals surface area contributed by atoms with Gasteiger partial charge in [-0.1, -0.05) is 112 Å². The van der Waals surface area contributed by atoms with E-state index in [0.29, 0.717) is 5.92 Å². The number of aromatic nitrogens is 1. The first-order valence-electron chi connectivity index (χ1n) is 16.9. The van der Waals surface area contributed by atoms with E-state index >= 15 is 0 Å². The van der Waals surface area contributed by atoms with Crippen molar-refractivity contribution in [3.8, 4) is 27.9 Å². The summed E-state index contributed by atoms with van der Waals surface area (Å²) in [7, 11) is 0. The normalized spacial score (nSPS) is 14.0. The van der Waals surface area contributed by atoms with E-state index in [1.807, 2.05) is 0 Å². The zero-order valence-corrected chi connectivity index (χ0v) is 27.8. The molecule has 0 spiro atoms. The maximum absolute atomic E-state index is 2.46. The maximum atomic E-state index is 2.46. The Hall–Kier alpha value is -4.88. The summed E-state index contributed by atoms with van der Waals surface area (Å²) in [5.41, 5.74) is 13.0. The van der Waals surface area contributed by atoms with Crippen LogP contribution in [0.15, 0.2) is 103 Å². The van der Waals surface area contributed by atoms with Crippen molar-refractivity contribution in [2.45, 2.75) is 53.9 Å². The van der Waals surface area contributed by atoms with Crippen LogP contribution in [-0.4, -0.2) is 4.57 Å². The summed E-state index contributed by atoms with van der Waals surface area (Å²) < 4.78 is 2.43. The molecule has 0 bridgehead atoms. The molecule has 0 atom stereocenters. The van der Waals surface area contributed by atoms with Gasteiger partial charge in [-0.2, -0.15) is 0 Å². The lowest BCUT2D eigenvalue weighted by Gasteiger charge is -2.18. The van der Waals surface area contributed by atoms with Gasteiger partial charge in [0.15, 0.2) is 0 Å². The third-order valence-electron chi connectivity index (χ3n) is 9.51. The lowest BCUT2D eigenvalue weighted by atomic mass is 9.86. The van der Waals surface area contributed by atoms with Gasteiger partial charge in [0, 0.05) is 16.8 Å². The third kappa shape index (κ3) is 5.05. The number of hydrogen-bond acceptors (Lipinski definition) is 0. The highest BCUT2D eigenvalue weighted by Gasteiger charge is 2.19. The standard InChI is InChI=1S/C45H43N/c1-6-16-43-36(8-3)45-37(23-15-24-44(45)46(43)34-19-10-9-11-20-34)33-18-14-17-31(28-33)32-25-26-40-35(7-2)41(27-30(4)5)38-21-12-13-22-39(38)42(40)29-32/h6-7,9-11,13-20,22-30H,8,12,21H2,1-5H3/b16-6-,35-7-,41-27+. The van der Waals surface area contributed by atoms with Gasteiger partial charge in [0.05, 0.1) is 5.52 Å². The number of benzene rings is 5. The highest BCUT2D eigenvalue weighted by atomic mass is 15.0. The number of para-hydroxylation sites is 1. The molecular formula is C45H43N. The molecular weight excluding hydrogens is 555 g/mol. The van der Waals surface area contributed by atoms with Gasteiger partial charge in [-0.25, -0.2) is 0 Å². The molecule has 0 fully saturated rings. The van der Waals surface area contributed by atoms with Crippen LogP contribution in [0, 0.1) is 5.92 Å². The minimum Gasteiger partial charge on any atom is -0.310 e. The molecule has 0 saturated heterocycles. The molecule has 0 N–H and O–H groups in total. The molecule has 0 radical (unpaired) electrons. The molecule has 6 aromatic rings. The molecule has 1 nitrogen and oxygen atoms in total. The highest BCUT2D eigenvalue weighted by molar-refractivity contribution is 6.02. The van der Waals surface area contributed by atoms with Crippen LogP contribution in [0.5, 0.6) is 0 Å². The topological polar surface area (TPSA) is 4.93 Å². The van der Waals surface area contributed by atoms with E-state index in [0.717, 1.165) is 19.3 Å². The van der Waals surface area contributed by atoms with Gasteiger partial charge >= 0.3 is 0 Å². The summed E-state index contributed by atoms with van der Waals surface area (Å²) in [5, 5.41) is 6.84. The molecule has 46 heavy (non-hydrogen) atoms. The van der Waals surface area contributed by atoms with E-state index in [1.54, 1.807) is 0 Å². The van der Waals surface area contributed by atoms with Crippen molar-refractivity contribution in [1.29, 1.82) is 0 Å². The predicted molar refractivity (Wildman–Crippen MR) is 202 cm³/mol. The fourth-order valence-electron chi connectivity index (χ4n) is 7.61. The van der Waals surface area contributed by atoms with Gasteiger partial charge in [0.2, 0.25) is 0 Å². The van der Waals surface area contributed by atoms with Crippen molar-refractivity contribution in [2.24, 2.45) is 5.92 Å². The van der Waals surface area contributed by atoms with Gasteiger partial charge in [-0.05, 0) is 136 Å². The van der Waals surface area contributed by atoms with Crippen LogP contribution in [-0.2, 0) is 12.8 Å². The molecule has 1 heteroatoms. The van der Waals surface area contributed by atoms with Gasteiger partial charge in [0.1, 0.15) is 0 Å². The number of hydrogen-bond donors (Lipinski definition) is 0. The molecule has 0 amide bonds. The number of fused-ring (bicyclic) bond motifs is 4. The van der Waals surface area contributed by atoms with E-state index in [2.05, 4.69) is 167 Å². The minimum absolute atomic E-state index is 0.504. The van der Waals surface area contributed by atoms with Crippen molar-refractivity contribution in [3.05, 3.63) is 136 Å². The molecule has 1 aliphatic carbocycles. The van der Waals surface area contributed by atoms with Gasteiger partial charge < -0.3 is 4.57 Å². The van der Waals surface area contributed by atoms with Crippen LogP contribution in [0.1, 0.15) is 63.4 Å². The quantitative estimate of drug-likeness (QED) is 0.180. The maximum Gasteiger partial charge on any atom is 0.0543 e. The van der Waals surface area contributed by atoms with Crippen molar-refractivity contribution in [3.63, 3.8) is 0 Å². The lowest BCUT2D eigenvalue weighted by molar-refractivity contribution is 0.875. The second kappa shape index (κ2) is 12.5. The molecule has 1 aliphatic rings. The summed E-state index contributed by atoms with van der Waals surface area (Å²) in [6, 6.07) is 33.8. The Bertz CT molecular complexity index is 2270. The highest BCUT2D eigenvalue weighted by Crippen LogP contribution is 2.39. The number of rotatable bonds is 6. The summed E-state index contributed by atoms with van der Waals surface area (Å²) in [6.45, 7) is 11.1. The fourth-order valence-corrected chi connectivity index (χ4v) is 7.61. The molecule has 0 aliphatic heterocycles. The third-order valence-corrected chi connectivity index (χ3v) is 9.51. The Morgan fingerprint density at radius 3 is 2.33 bits per heavy atom. The second-order valence-electron chi connectivity index (χ2n) is 12.8. The van der Waals surface area contributed by atoms with Crippen LogP contribution in [0.4, 0.5) is 0 Å². The average molecular weight is 598 g/mol. The SMILES string of the molecule is C/C=C\c1c(CC)c2c(-c3cccc(-c4ccc5c(=C/C)/c(=C\C(C)C)c6c(c5c4)C=CCC6)c3)cccc2n1-c1ccccc1. The molecule has 228 valence electrons. The van der Waals surface area contributed by atoms with Crippen molar-refractivity contribution >= 4 is 46.0 Å². The molecule has 5 aromatic carbocycles. The Kier molecular flexibility index (Phi) is 8.09. The van der Waals surface area contributed by atoms with E-state index in [9.17, 15) is 0 Å². The molecule has 0 saturated carbocycles. The largest absolute Gasteiger partial charge is 0.310 e. The van der Waals surface area contributed by atoms with Gasteiger partial charge in [0.25, 0.3) is 0 Å². The smallest absolute Gasteiger partial charge is 0.0543 e.